The summed E-state index contributed by atoms with van der Waals surface area (Å²) in [4.78, 5) is 2.11. The lowest BCUT2D eigenvalue weighted by Crippen LogP contribution is -2.15. The fraction of sp³-hybridized carbons (Fsp3) is 0.316. The van der Waals surface area contributed by atoms with Gasteiger partial charge in [-0.1, -0.05) is 30.3 Å². The van der Waals surface area contributed by atoms with Crippen molar-refractivity contribution in [2.45, 2.75) is 19.1 Å². The molecule has 1 aromatic heterocycles. The Labute approximate surface area is 144 Å². The summed E-state index contributed by atoms with van der Waals surface area (Å²) in [5.41, 5.74) is 0.789. The minimum Gasteiger partial charge on any atom is -0.309 e. The lowest BCUT2D eigenvalue weighted by molar-refractivity contribution is -0.137. The molecule has 25 heavy (non-hydrogen) atoms. The molecule has 0 aliphatic rings. The van der Waals surface area contributed by atoms with Crippen molar-refractivity contribution in [2.24, 2.45) is 0 Å². The van der Waals surface area contributed by atoms with E-state index < -0.39 is 11.7 Å². The van der Waals surface area contributed by atoms with Crippen molar-refractivity contribution in [1.82, 2.24) is 14.7 Å². The Balaban J connectivity index is 1.92. The molecule has 132 valence electrons. The molecule has 0 aliphatic heterocycles. The van der Waals surface area contributed by atoms with E-state index in [1.807, 2.05) is 31.0 Å². The predicted octanol–water partition coefficient (Wildman–Crippen LogP) is 4.67. The minimum atomic E-state index is -4.38. The summed E-state index contributed by atoms with van der Waals surface area (Å²) in [5, 5.41) is 5.43. The standard InChI is InChI=1S/C19H20F3N3/c1-24(2)10-5-11-25-13-15-9-8-14(12-18(15)23-25)16-6-3-4-7-17(16)19(20,21)22/h3-4,6-9,12-13H,5,10-11H2,1-2H3. The van der Waals surface area contributed by atoms with Crippen LogP contribution in [0.25, 0.3) is 22.0 Å². The Hall–Kier alpha value is -2.34. The zero-order valence-corrected chi connectivity index (χ0v) is 14.2. The monoisotopic (exact) mass is 347 g/mol. The van der Waals surface area contributed by atoms with Crippen LogP contribution in [0.1, 0.15) is 12.0 Å². The van der Waals surface area contributed by atoms with Crippen LogP contribution in [0.3, 0.4) is 0 Å². The van der Waals surface area contributed by atoms with Crippen LogP contribution in [0.4, 0.5) is 13.2 Å². The second-order valence-electron chi connectivity index (χ2n) is 6.37. The molecule has 0 amide bonds. The van der Waals surface area contributed by atoms with Crippen molar-refractivity contribution in [1.29, 1.82) is 0 Å². The molecule has 0 N–H and O–H groups in total. The Morgan fingerprint density at radius 2 is 1.84 bits per heavy atom. The fourth-order valence-corrected chi connectivity index (χ4v) is 2.88. The van der Waals surface area contributed by atoms with Crippen LogP contribution in [0, 0.1) is 0 Å². The van der Waals surface area contributed by atoms with Crippen molar-refractivity contribution in [3.8, 4) is 11.1 Å². The molecule has 0 atom stereocenters. The number of rotatable bonds is 5. The van der Waals surface area contributed by atoms with Crippen LogP contribution in [-0.4, -0.2) is 35.3 Å². The molecule has 3 nitrogen and oxygen atoms in total. The Morgan fingerprint density at radius 1 is 1.08 bits per heavy atom. The molecule has 3 aromatic rings. The quantitative estimate of drug-likeness (QED) is 0.668. The number of aromatic nitrogens is 2. The van der Waals surface area contributed by atoms with E-state index in [2.05, 4.69) is 10.00 Å². The number of benzene rings is 2. The highest BCUT2D eigenvalue weighted by Crippen LogP contribution is 2.37. The maximum absolute atomic E-state index is 13.2. The van der Waals surface area contributed by atoms with E-state index in [1.54, 1.807) is 18.2 Å². The first-order valence-electron chi connectivity index (χ1n) is 8.13. The first kappa shape index (κ1) is 17.5. The molecule has 1 heterocycles. The minimum absolute atomic E-state index is 0.180. The number of hydrogen-bond donors (Lipinski definition) is 0. The van der Waals surface area contributed by atoms with Crippen LogP contribution in [0.5, 0.6) is 0 Å². The molecule has 0 bridgehead atoms. The third kappa shape index (κ3) is 4.02. The molecule has 0 spiro atoms. The van der Waals surface area contributed by atoms with Gasteiger partial charge in [0.1, 0.15) is 0 Å². The number of halogens is 3. The topological polar surface area (TPSA) is 21.1 Å². The van der Waals surface area contributed by atoms with Gasteiger partial charge >= 0.3 is 6.18 Å². The first-order chi connectivity index (χ1) is 11.8. The molecular weight excluding hydrogens is 327 g/mol. The highest BCUT2D eigenvalue weighted by atomic mass is 19.4. The van der Waals surface area contributed by atoms with E-state index in [0.29, 0.717) is 11.1 Å². The second-order valence-corrected chi connectivity index (χ2v) is 6.37. The number of hydrogen-bond acceptors (Lipinski definition) is 2. The summed E-state index contributed by atoms with van der Waals surface area (Å²) in [6, 6.07) is 10.9. The number of aryl methyl sites for hydroxylation is 1. The number of fused-ring (bicyclic) bond motifs is 1. The van der Waals surface area contributed by atoms with Gasteiger partial charge in [0.2, 0.25) is 0 Å². The summed E-state index contributed by atoms with van der Waals surface area (Å²) in [6.07, 6.45) is -1.48. The van der Waals surface area contributed by atoms with Crippen LogP contribution < -0.4 is 0 Å². The normalized spacial score (nSPS) is 12.2. The molecule has 0 radical (unpaired) electrons. The van der Waals surface area contributed by atoms with Gasteiger partial charge in [-0.25, -0.2) is 0 Å². The molecule has 2 aromatic carbocycles. The van der Waals surface area contributed by atoms with Gasteiger partial charge in [0.15, 0.2) is 0 Å². The smallest absolute Gasteiger partial charge is 0.309 e. The van der Waals surface area contributed by atoms with Gasteiger partial charge in [0, 0.05) is 18.1 Å². The van der Waals surface area contributed by atoms with Crippen LogP contribution in [0.2, 0.25) is 0 Å². The third-order valence-electron chi connectivity index (χ3n) is 4.09. The van der Waals surface area contributed by atoms with Crippen molar-refractivity contribution in [2.75, 3.05) is 20.6 Å². The Bertz CT molecular complexity index is 866. The summed E-state index contributed by atoms with van der Waals surface area (Å²) in [6.45, 7) is 1.74. The SMILES string of the molecule is CN(C)CCCn1cc2ccc(-c3ccccc3C(F)(F)F)cc2n1. The highest BCUT2D eigenvalue weighted by molar-refractivity contribution is 5.84. The molecule has 0 unspecified atom stereocenters. The molecule has 3 rings (SSSR count). The number of alkyl halides is 3. The zero-order valence-electron chi connectivity index (χ0n) is 14.2. The zero-order chi connectivity index (χ0) is 18.0. The third-order valence-corrected chi connectivity index (χ3v) is 4.09. The first-order valence-corrected chi connectivity index (χ1v) is 8.13. The van der Waals surface area contributed by atoms with Gasteiger partial charge in [0.05, 0.1) is 11.1 Å². The molecule has 0 aliphatic carbocycles. The van der Waals surface area contributed by atoms with Crippen molar-refractivity contribution < 1.29 is 13.2 Å². The van der Waals surface area contributed by atoms with Gasteiger partial charge < -0.3 is 4.90 Å². The van der Waals surface area contributed by atoms with E-state index in [0.717, 1.165) is 31.0 Å². The summed E-state index contributed by atoms with van der Waals surface area (Å²) in [7, 11) is 4.04. The average Bonchev–Trinajstić information content (AvgIpc) is 2.95. The molecule has 6 heteroatoms. The maximum Gasteiger partial charge on any atom is 0.417 e. The second kappa shape index (κ2) is 6.88. The lowest BCUT2D eigenvalue weighted by Gasteiger charge is -2.12. The maximum atomic E-state index is 13.2. The van der Waals surface area contributed by atoms with Gasteiger partial charge in [-0.05, 0) is 50.3 Å². The molecule has 0 saturated carbocycles. The highest BCUT2D eigenvalue weighted by Gasteiger charge is 2.33. The molecule has 0 fully saturated rings. The van der Waals surface area contributed by atoms with Crippen molar-refractivity contribution >= 4 is 10.9 Å². The van der Waals surface area contributed by atoms with E-state index >= 15 is 0 Å². The van der Waals surface area contributed by atoms with Gasteiger partial charge in [-0.15, -0.1) is 0 Å². The van der Waals surface area contributed by atoms with Gasteiger partial charge in [-0.2, -0.15) is 18.3 Å². The molecular formula is C19H20F3N3. The van der Waals surface area contributed by atoms with E-state index in [-0.39, 0.29) is 5.56 Å². The summed E-state index contributed by atoms with van der Waals surface area (Å²) in [5.74, 6) is 0. The van der Waals surface area contributed by atoms with E-state index in [1.165, 1.54) is 12.1 Å². The number of nitrogens with zero attached hydrogens (tertiary/aromatic N) is 3. The predicted molar refractivity (Wildman–Crippen MR) is 93.3 cm³/mol. The average molecular weight is 347 g/mol. The molecule has 0 saturated heterocycles. The van der Waals surface area contributed by atoms with E-state index in [4.69, 9.17) is 0 Å². The largest absolute Gasteiger partial charge is 0.417 e. The van der Waals surface area contributed by atoms with Crippen molar-refractivity contribution in [3.63, 3.8) is 0 Å². The fourth-order valence-electron chi connectivity index (χ4n) is 2.88. The Morgan fingerprint density at radius 3 is 2.56 bits per heavy atom. The van der Waals surface area contributed by atoms with Gasteiger partial charge in [0.25, 0.3) is 0 Å². The van der Waals surface area contributed by atoms with Crippen molar-refractivity contribution in [3.05, 3.63) is 54.2 Å². The van der Waals surface area contributed by atoms with Crippen LogP contribution >= 0.6 is 0 Å². The Kier molecular flexibility index (Phi) is 4.81. The van der Waals surface area contributed by atoms with E-state index in [9.17, 15) is 13.2 Å². The van der Waals surface area contributed by atoms with Gasteiger partial charge in [-0.3, -0.25) is 4.68 Å². The van der Waals surface area contributed by atoms with Crippen LogP contribution in [0.15, 0.2) is 48.7 Å². The summed E-state index contributed by atoms with van der Waals surface area (Å²) >= 11 is 0. The van der Waals surface area contributed by atoms with Crippen LogP contribution in [-0.2, 0) is 12.7 Å². The lowest BCUT2D eigenvalue weighted by atomic mass is 9.98. The summed E-state index contributed by atoms with van der Waals surface area (Å²) < 4.78 is 41.6.